The van der Waals surface area contributed by atoms with E-state index in [1.54, 1.807) is 25.3 Å². The minimum Gasteiger partial charge on any atom is -0.465 e. The van der Waals surface area contributed by atoms with Crippen LogP contribution in [0.2, 0.25) is 5.02 Å². The molecule has 3 aromatic rings. The van der Waals surface area contributed by atoms with Crippen molar-refractivity contribution in [3.05, 3.63) is 69.5 Å². The Hall–Kier alpha value is -3.79. The van der Waals surface area contributed by atoms with Crippen LogP contribution in [0.1, 0.15) is 70.9 Å². The number of aromatic nitrogens is 3. The molecule has 0 bridgehead atoms. The number of pyridine rings is 1. The van der Waals surface area contributed by atoms with Crippen LogP contribution < -0.4 is 9.80 Å². The van der Waals surface area contributed by atoms with E-state index in [1.807, 2.05) is 36.6 Å². The standard InChI is InChI=1S/C31H34ClFN6O3/c1-18-13-24(35-19(2)25(18)29(41)42-5)37-11-12-39(30(3,4)16-37)28(40)23-15-34-27-26(36-23)31(9-6-10-31)17-38(27)20-7-8-21(32)22(33)14-20/h7-8,13-15H,6,9-12,16-17H2,1-5H3. The Morgan fingerprint density at radius 1 is 1.07 bits per heavy atom. The highest BCUT2D eigenvalue weighted by Crippen LogP contribution is 2.53. The van der Waals surface area contributed by atoms with Crippen molar-refractivity contribution >= 4 is 40.8 Å². The Morgan fingerprint density at radius 2 is 1.83 bits per heavy atom. The van der Waals surface area contributed by atoms with Gasteiger partial charge in [-0.05, 0) is 70.4 Å². The molecule has 9 nitrogen and oxygen atoms in total. The zero-order valence-corrected chi connectivity index (χ0v) is 25.3. The van der Waals surface area contributed by atoms with Gasteiger partial charge in [0, 0.05) is 37.3 Å². The first-order valence-electron chi connectivity index (χ1n) is 14.2. The predicted molar refractivity (Wildman–Crippen MR) is 158 cm³/mol. The summed E-state index contributed by atoms with van der Waals surface area (Å²) in [6.07, 6.45) is 4.51. The minimum atomic E-state index is -0.526. The third-order valence-corrected chi connectivity index (χ3v) is 9.27. The summed E-state index contributed by atoms with van der Waals surface area (Å²) in [4.78, 5) is 46.5. The number of methoxy groups -OCH3 is 1. The number of hydrogen-bond acceptors (Lipinski definition) is 8. The molecule has 0 atom stereocenters. The maximum absolute atomic E-state index is 14.3. The first-order valence-corrected chi connectivity index (χ1v) is 14.6. The quantitative estimate of drug-likeness (QED) is 0.373. The number of piperazine rings is 1. The highest BCUT2D eigenvalue weighted by molar-refractivity contribution is 6.30. The van der Waals surface area contributed by atoms with Crippen molar-refractivity contribution in [2.24, 2.45) is 0 Å². The fourth-order valence-corrected chi connectivity index (χ4v) is 6.72. The largest absolute Gasteiger partial charge is 0.465 e. The van der Waals surface area contributed by atoms with Gasteiger partial charge >= 0.3 is 5.97 Å². The van der Waals surface area contributed by atoms with E-state index in [0.717, 1.165) is 36.3 Å². The van der Waals surface area contributed by atoms with Gasteiger partial charge in [0.1, 0.15) is 17.3 Å². The lowest BCUT2D eigenvalue weighted by Gasteiger charge is -2.47. The maximum Gasteiger partial charge on any atom is 0.339 e. The maximum atomic E-state index is 14.3. The number of carbonyl (C=O) groups is 2. The number of nitrogens with zero attached hydrogens (tertiary/aromatic N) is 6. The molecule has 3 aliphatic rings. The second-order valence-electron chi connectivity index (χ2n) is 12.2. The summed E-state index contributed by atoms with van der Waals surface area (Å²) >= 11 is 5.93. The van der Waals surface area contributed by atoms with Crippen LogP contribution >= 0.6 is 11.6 Å². The van der Waals surface area contributed by atoms with Crippen molar-refractivity contribution in [1.29, 1.82) is 0 Å². The molecule has 2 fully saturated rings. The van der Waals surface area contributed by atoms with Crippen molar-refractivity contribution < 1.29 is 18.7 Å². The molecule has 1 amide bonds. The molecule has 0 N–H and O–H groups in total. The van der Waals surface area contributed by atoms with Crippen molar-refractivity contribution in [3.63, 3.8) is 0 Å². The topological polar surface area (TPSA) is 91.8 Å². The number of hydrogen-bond donors (Lipinski definition) is 0. The summed E-state index contributed by atoms with van der Waals surface area (Å²) < 4.78 is 19.2. The van der Waals surface area contributed by atoms with Crippen LogP contribution in [0.15, 0.2) is 30.5 Å². The monoisotopic (exact) mass is 592 g/mol. The van der Waals surface area contributed by atoms with Crippen LogP contribution in [-0.2, 0) is 10.2 Å². The molecular weight excluding hydrogens is 559 g/mol. The number of carbonyl (C=O) groups excluding carboxylic acids is 2. The Kier molecular flexibility index (Phi) is 6.87. The normalized spacial score (nSPS) is 18.6. The van der Waals surface area contributed by atoms with E-state index in [9.17, 15) is 14.0 Å². The zero-order chi connectivity index (χ0) is 30.0. The van der Waals surface area contributed by atoms with E-state index in [4.69, 9.17) is 31.3 Å². The average molecular weight is 593 g/mol. The van der Waals surface area contributed by atoms with E-state index in [2.05, 4.69) is 4.90 Å². The lowest BCUT2D eigenvalue weighted by molar-refractivity contribution is 0.0505. The van der Waals surface area contributed by atoms with Gasteiger partial charge in [-0.15, -0.1) is 0 Å². The molecule has 2 aliphatic heterocycles. The van der Waals surface area contributed by atoms with Gasteiger partial charge in [-0.2, -0.15) is 0 Å². The van der Waals surface area contributed by atoms with E-state index in [1.165, 1.54) is 13.2 Å². The van der Waals surface area contributed by atoms with Crippen LogP contribution in [0.3, 0.4) is 0 Å². The second-order valence-corrected chi connectivity index (χ2v) is 12.6. The van der Waals surface area contributed by atoms with E-state index in [-0.39, 0.29) is 16.3 Å². The molecule has 1 aliphatic carbocycles. The van der Waals surface area contributed by atoms with Crippen LogP contribution in [0.5, 0.6) is 0 Å². The van der Waals surface area contributed by atoms with E-state index in [0.29, 0.717) is 54.6 Å². The van der Waals surface area contributed by atoms with Gasteiger partial charge in [0.2, 0.25) is 0 Å². The lowest BCUT2D eigenvalue weighted by atomic mass is 9.68. The number of aryl methyl sites for hydroxylation is 2. The highest BCUT2D eigenvalue weighted by Gasteiger charge is 2.50. The third kappa shape index (κ3) is 4.56. The highest BCUT2D eigenvalue weighted by atomic mass is 35.5. The molecule has 42 heavy (non-hydrogen) atoms. The van der Waals surface area contributed by atoms with Gasteiger partial charge < -0.3 is 19.4 Å². The number of rotatable bonds is 4. The Labute approximate surface area is 249 Å². The van der Waals surface area contributed by atoms with Crippen LogP contribution in [-0.4, -0.2) is 70.6 Å². The number of ether oxygens (including phenoxy) is 1. The fourth-order valence-electron chi connectivity index (χ4n) is 6.61. The molecule has 1 spiro atoms. The SMILES string of the molecule is COC(=O)c1c(C)cc(N2CCN(C(=O)c3cnc4c(n3)C3(CCC3)CN4c3ccc(Cl)c(F)c3)C(C)(C)C2)nc1C. The van der Waals surface area contributed by atoms with Gasteiger partial charge in [-0.25, -0.2) is 24.1 Å². The van der Waals surface area contributed by atoms with E-state index < -0.39 is 17.3 Å². The molecule has 6 rings (SSSR count). The third-order valence-electron chi connectivity index (χ3n) is 8.96. The molecule has 1 aromatic carbocycles. The molecule has 0 radical (unpaired) electrons. The number of esters is 1. The first kappa shape index (κ1) is 28.3. The first-order chi connectivity index (χ1) is 19.9. The molecule has 1 saturated carbocycles. The van der Waals surface area contributed by atoms with Gasteiger partial charge in [0.15, 0.2) is 5.82 Å². The smallest absolute Gasteiger partial charge is 0.339 e. The Bertz CT molecular complexity index is 1580. The summed E-state index contributed by atoms with van der Waals surface area (Å²) in [5.41, 5.74) is 2.98. The summed E-state index contributed by atoms with van der Waals surface area (Å²) in [5, 5.41) is 0.0746. The number of fused-ring (bicyclic) bond motifs is 2. The summed E-state index contributed by atoms with van der Waals surface area (Å²) in [6, 6.07) is 6.66. The molecule has 4 heterocycles. The van der Waals surface area contributed by atoms with E-state index >= 15 is 0 Å². The van der Waals surface area contributed by atoms with Crippen molar-refractivity contribution in [1.82, 2.24) is 19.9 Å². The van der Waals surface area contributed by atoms with Gasteiger partial charge in [0.05, 0.1) is 40.8 Å². The number of anilines is 3. The van der Waals surface area contributed by atoms with Crippen LogP contribution in [0, 0.1) is 19.7 Å². The van der Waals surface area contributed by atoms with Crippen molar-refractivity contribution in [2.75, 3.05) is 43.1 Å². The van der Waals surface area contributed by atoms with Gasteiger partial charge in [-0.1, -0.05) is 18.0 Å². The zero-order valence-electron chi connectivity index (χ0n) is 24.5. The lowest BCUT2D eigenvalue weighted by Crippen LogP contribution is -2.61. The summed E-state index contributed by atoms with van der Waals surface area (Å²) in [6.45, 7) is 10.0. The molecule has 0 unspecified atom stereocenters. The molecule has 1 saturated heterocycles. The number of benzene rings is 1. The van der Waals surface area contributed by atoms with Gasteiger partial charge in [0.25, 0.3) is 5.91 Å². The second kappa shape index (κ2) is 10.2. The summed E-state index contributed by atoms with van der Waals surface area (Å²) in [7, 11) is 1.36. The van der Waals surface area contributed by atoms with Crippen molar-refractivity contribution in [3.8, 4) is 0 Å². The van der Waals surface area contributed by atoms with Crippen LogP contribution in [0.4, 0.5) is 21.7 Å². The Balaban J connectivity index is 1.25. The van der Waals surface area contributed by atoms with Crippen molar-refractivity contribution in [2.45, 2.75) is 57.9 Å². The minimum absolute atomic E-state index is 0.0746. The molecular formula is C31H34ClFN6O3. The number of halogens is 2. The van der Waals surface area contributed by atoms with Gasteiger partial charge in [-0.3, -0.25) is 4.79 Å². The predicted octanol–water partition coefficient (Wildman–Crippen LogP) is 5.38. The summed E-state index contributed by atoms with van der Waals surface area (Å²) in [5.74, 6) is 0.389. The fraction of sp³-hybridized carbons (Fsp3) is 0.452. The molecule has 220 valence electrons. The molecule has 2 aromatic heterocycles. The number of amides is 1. The Morgan fingerprint density at radius 3 is 2.45 bits per heavy atom. The molecule has 11 heteroatoms. The van der Waals surface area contributed by atoms with Crippen LogP contribution in [0.25, 0.3) is 0 Å². The average Bonchev–Trinajstić information content (AvgIpc) is 3.28.